The number of hydrogen-bond acceptors (Lipinski definition) is 4. The van der Waals surface area contributed by atoms with Crippen molar-refractivity contribution < 1.29 is 23.1 Å². The molecule has 0 aliphatic heterocycles. The second kappa shape index (κ2) is 8.70. The van der Waals surface area contributed by atoms with Crippen LogP contribution in [-0.2, 0) is 12.7 Å². The maximum absolute atomic E-state index is 12.8. The van der Waals surface area contributed by atoms with Crippen LogP contribution < -0.4 is 11.2 Å². The van der Waals surface area contributed by atoms with E-state index in [-0.39, 0.29) is 17.0 Å². The number of carbonyl (C=O) groups excluding carboxylic acids is 1. The van der Waals surface area contributed by atoms with E-state index in [1.54, 1.807) is 0 Å². The smallest absolute Gasteiger partial charge is 0.416 e. The van der Waals surface area contributed by atoms with Crippen LogP contribution in [0.2, 0.25) is 0 Å². The molecule has 3 aromatic carbocycles. The fourth-order valence-electron chi connectivity index (χ4n) is 3.41. The maximum Gasteiger partial charge on any atom is 0.416 e. The molecule has 6 nitrogen and oxygen atoms in total. The summed E-state index contributed by atoms with van der Waals surface area (Å²) < 4.78 is 40.2. The van der Waals surface area contributed by atoms with Gasteiger partial charge in [-0.15, -0.1) is 0 Å². The lowest BCUT2D eigenvalue weighted by Crippen LogP contribution is -2.17. The van der Waals surface area contributed by atoms with Crippen molar-refractivity contribution in [1.29, 1.82) is 0 Å². The van der Waals surface area contributed by atoms with E-state index in [1.165, 1.54) is 36.5 Å². The highest BCUT2D eigenvalue weighted by Crippen LogP contribution is 2.29. The van der Waals surface area contributed by atoms with E-state index in [9.17, 15) is 23.1 Å². The molecule has 4 rings (SSSR count). The number of aromatic hydroxyl groups is 1. The zero-order valence-corrected chi connectivity index (χ0v) is 17.2. The Morgan fingerprint density at radius 2 is 1.85 bits per heavy atom. The molecule has 0 saturated heterocycles. The number of nitrogens with zero attached hydrogens (tertiary/aromatic N) is 2. The lowest BCUT2D eigenvalue weighted by Gasteiger charge is -2.09. The highest BCUT2D eigenvalue weighted by atomic mass is 19.4. The van der Waals surface area contributed by atoms with Crippen LogP contribution in [0.1, 0.15) is 27.0 Å². The van der Waals surface area contributed by atoms with Crippen LogP contribution in [0.25, 0.3) is 10.9 Å². The monoisotopic (exact) mass is 452 g/mol. The van der Waals surface area contributed by atoms with E-state index in [0.29, 0.717) is 6.54 Å². The van der Waals surface area contributed by atoms with Crippen LogP contribution in [0.4, 0.5) is 18.9 Å². The van der Waals surface area contributed by atoms with E-state index in [0.717, 1.165) is 34.2 Å². The lowest BCUT2D eigenvalue weighted by atomic mass is 10.1. The Morgan fingerprint density at radius 1 is 1.09 bits per heavy atom. The van der Waals surface area contributed by atoms with Gasteiger partial charge in [0.15, 0.2) is 0 Å². The molecular formula is C24H19F3N4O2. The number of amides is 1. The minimum absolute atomic E-state index is 0.0887. The molecule has 0 spiro atoms. The predicted octanol–water partition coefficient (Wildman–Crippen LogP) is 4.76. The summed E-state index contributed by atoms with van der Waals surface area (Å²) in [6.07, 6.45) is -1.01. The number of hydrogen-bond donors (Lipinski definition) is 3. The SMILES string of the molecule is Nc1cc(C(=O)N/N=C/c2cccc3c2ccn3Cc2ccc(C(F)(F)F)cc2)ccc1O. The first-order valence-corrected chi connectivity index (χ1v) is 9.88. The third-order valence-corrected chi connectivity index (χ3v) is 5.14. The Labute approximate surface area is 186 Å². The van der Waals surface area contributed by atoms with E-state index < -0.39 is 17.6 Å². The van der Waals surface area contributed by atoms with Crippen LogP contribution >= 0.6 is 0 Å². The molecule has 0 saturated carbocycles. The van der Waals surface area contributed by atoms with Crippen molar-refractivity contribution in [1.82, 2.24) is 9.99 Å². The number of phenols is 1. The van der Waals surface area contributed by atoms with Gasteiger partial charge in [-0.05, 0) is 48.0 Å². The Morgan fingerprint density at radius 3 is 2.55 bits per heavy atom. The van der Waals surface area contributed by atoms with E-state index in [2.05, 4.69) is 10.5 Å². The molecule has 1 aromatic heterocycles. The second-order valence-corrected chi connectivity index (χ2v) is 7.39. The number of aromatic nitrogens is 1. The number of carbonyl (C=O) groups is 1. The Balaban J connectivity index is 1.50. The molecule has 0 unspecified atom stereocenters. The first-order chi connectivity index (χ1) is 15.7. The summed E-state index contributed by atoms with van der Waals surface area (Å²) in [6.45, 7) is 0.404. The van der Waals surface area contributed by atoms with Gasteiger partial charge < -0.3 is 15.4 Å². The van der Waals surface area contributed by atoms with Gasteiger partial charge in [0, 0.05) is 34.8 Å². The molecular weight excluding hydrogens is 433 g/mol. The van der Waals surface area contributed by atoms with Gasteiger partial charge in [-0.3, -0.25) is 4.79 Å². The van der Waals surface area contributed by atoms with Gasteiger partial charge in [0.25, 0.3) is 5.91 Å². The van der Waals surface area contributed by atoms with Gasteiger partial charge in [-0.1, -0.05) is 24.3 Å². The summed E-state index contributed by atoms with van der Waals surface area (Å²) in [5.74, 6) is -0.590. The number of nitrogen functional groups attached to an aromatic ring is 1. The molecule has 168 valence electrons. The van der Waals surface area contributed by atoms with Crippen molar-refractivity contribution in [2.45, 2.75) is 12.7 Å². The first-order valence-electron chi connectivity index (χ1n) is 9.88. The van der Waals surface area contributed by atoms with Crippen molar-refractivity contribution in [2.75, 3.05) is 5.73 Å². The van der Waals surface area contributed by atoms with Crippen LogP contribution in [0.5, 0.6) is 5.75 Å². The van der Waals surface area contributed by atoms with Gasteiger partial charge in [0.2, 0.25) is 0 Å². The third-order valence-electron chi connectivity index (χ3n) is 5.14. The Hall–Kier alpha value is -4.27. The molecule has 0 radical (unpaired) electrons. The molecule has 4 N–H and O–H groups in total. The van der Waals surface area contributed by atoms with Crippen molar-refractivity contribution in [3.63, 3.8) is 0 Å². The number of alkyl halides is 3. The van der Waals surface area contributed by atoms with Gasteiger partial charge >= 0.3 is 6.18 Å². The zero-order valence-electron chi connectivity index (χ0n) is 17.2. The summed E-state index contributed by atoms with van der Waals surface area (Å²) in [7, 11) is 0. The number of benzene rings is 3. The quantitative estimate of drug-likeness (QED) is 0.176. The molecule has 4 aromatic rings. The van der Waals surface area contributed by atoms with Crippen molar-refractivity contribution in [3.8, 4) is 5.75 Å². The van der Waals surface area contributed by atoms with Gasteiger partial charge in [-0.2, -0.15) is 18.3 Å². The summed E-state index contributed by atoms with van der Waals surface area (Å²) in [5, 5.41) is 14.3. The molecule has 0 atom stereocenters. The largest absolute Gasteiger partial charge is 0.506 e. The first kappa shape index (κ1) is 21.9. The molecule has 0 bridgehead atoms. The number of nitrogens with one attached hydrogen (secondary N) is 1. The standard InChI is InChI=1S/C24H19F3N4O2/c25-24(26,27)18-7-4-15(5-8-18)14-31-11-10-19-17(2-1-3-21(19)31)13-29-30-23(33)16-6-9-22(32)20(28)12-16/h1-13,32H,14,28H2,(H,30,33)/b29-13+. The molecule has 9 heteroatoms. The van der Waals surface area contributed by atoms with Crippen molar-refractivity contribution in [2.24, 2.45) is 5.10 Å². The summed E-state index contributed by atoms with van der Waals surface area (Å²) in [5.41, 5.74) is 10.0. The van der Waals surface area contributed by atoms with Gasteiger partial charge in [-0.25, -0.2) is 5.43 Å². The van der Waals surface area contributed by atoms with Gasteiger partial charge in [0.05, 0.1) is 17.5 Å². The second-order valence-electron chi connectivity index (χ2n) is 7.39. The highest BCUT2D eigenvalue weighted by molar-refractivity contribution is 6.00. The fourth-order valence-corrected chi connectivity index (χ4v) is 3.41. The van der Waals surface area contributed by atoms with Crippen LogP contribution in [-0.4, -0.2) is 21.8 Å². The summed E-state index contributed by atoms with van der Waals surface area (Å²) in [4.78, 5) is 12.2. The van der Waals surface area contributed by atoms with Crippen molar-refractivity contribution >= 4 is 28.7 Å². The average Bonchev–Trinajstić information content (AvgIpc) is 3.19. The Bertz CT molecular complexity index is 1340. The number of hydrazone groups is 1. The number of anilines is 1. The molecule has 1 heterocycles. The molecule has 0 aliphatic carbocycles. The number of fused-ring (bicyclic) bond motifs is 1. The van der Waals surface area contributed by atoms with E-state index in [4.69, 9.17) is 5.73 Å². The summed E-state index contributed by atoms with van der Waals surface area (Å²) in [6, 6.07) is 16.6. The van der Waals surface area contributed by atoms with E-state index in [1.807, 2.05) is 35.0 Å². The molecule has 1 amide bonds. The van der Waals surface area contributed by atoms with Crippen molar-refractivity contribution in [3.05, 3.63) is 95.2 Å². The topological polar surface area (TPSA) is 92.6 Å². The zero-order chi connectivity index (χ0) is 23.6. The fraction of sp³-hybridized carbons (Fsp3) is 0.0833. The number of phenolic OH excluding ortho intramolecular Hbond substituents is 1. The molecule has 0 aliphatic rings. The van der Waals surface area contributed by atoms with Crippen LogP contribution in [0.3, 0.4) is 0 Å². The maximum atomic E-state index is 12.8. The Kier molecular flexibility index (Phi) is 5.78. The lowest BCUT2D eigenvalue weighted by molar-refractivity contribution is -0.137. The third kappa shape index (κ3) is 4.82. The van der Waals surface area contributed by atoms with Crippen LogP contribution in [0, 0.1) is 0 Å². The predicted molar refractivity (Wildman–Crippen MR) is 120 cm³/mol. The molecule has 0 fully saturated rings. The number of halogens is 3. The van der Waals surface area contributed by atoms with E-state index >= 15 is 0 Å². The normalized spacial score (nSPS) is 11.8. The highest BCUT2D eigenvalue weighted by Gasteiger charge is 2.29. The summed E-state index contributed by atoms with van der Waals surface area (Å²) >= 11 is 0. The van der Waals surface area contributed by atoms with Crippen LogP contribution in [0.15, 0.2) is 78.0 Å². The number of rotatable bonds is 5. The molecule has 33 heavy (non-hydrogen) atoms. The van der Waals surface area contributed by atoms with Gasteiger partial charge in [0.1, 0.15) is 5.75 Å². The number of nitrogens with two attached hydrogens (primary N) is 1. The minimum atomic E-state index is -4.36. The average molecular weight is 452 g/mol. The minimum Gasteiger partial charge on any atom is -0.506 e.